The van der Waals surface area contributed by atoms with E-state index in [9.17, 15) is 4.79 Å². The third-order valence-electron chi connectivity index (χ3n) is 1.85. The highest BCUT2D eigenvalue weighted by Gasteiger charge is 2.08. The minimum Gasteiger partial charge on any atom is -0.481 e. The lowest BCUT2D eigenvalue weighted by atomic mass is 10.5. The Kier molecular flexibility index (Phi) is 4.19. The molecule has 0 atom stereocenters. The maximum atomic E-state index is 10.5. The number of thiophene rings is 1. The highest BCUT2D eigenvalue weighted by atomic mass is 79.9. The molecule has 90 valence electrons. The summed E-state index contributed by atoms with van der Waals surface area (Å²) in [6.07, 6.45) is 1.61. The number of thioether (sulfide) groups is 1. The maximum Gasteiger partial charge on any atom is 0.313 e. The maximum absolute atomic E-state index is 10.5. The smallest absolute Gasteiger partial charge is 0.313 e. The molecule has 2 aromatic rings. The number of hydrogen-bond acceptors (Lipinski definition) is 5. The molecule has 0 radical (unpaired) electrons. The van der Waals surface area contributed by atoms with E-state index in [-0.39, 0.29) is 5.75 Å². The van der Waals surface area contributed by atoms with Gasteiger partial charge < -0.3 is 9.67 Å². The van der Waals surface area contributed by atoms with Crippen LogP contribution in [0.4, 0.5) is 0 Å². The van der Waals surface area contributed by atoms with Crippen molar-refractivity contribution in [3.63, 3.8) is 0 Å². The zero-order valence-corrected chi connectivity index (χ0v) is 11.8. The minimum atomic E-state index is -0.858. The molecule has 0 aliphatic carbocycles. The Morgan fingerprint density at radius 1 is 1.65 bits per heavy atom. The van der Waals surface area contributed by atoms with Crippen LogP contribution in [0.3, 0.4) is 0 Å². The summed E-state index contributed by atoms with van der Waals surface area (Å²) < 4.78 is 2.89. The first kappa shape index (κ1) is 12.6. The van der Waals surface area contributed by atoms with E-state index in [0.717, 1.165) is 9.35 Å². The Hall–Kier alpha value is -0.860. The highest BCUT2D eigenvalue weighted by Crippen LogP contribution is 2.22. The summed E-state index contributed by atoms with van der Waals surface area (Å²) in [5.74, 6) is -0.865. The van der Waals surface area contributed by atoms with Crippen LogP contribution in [0.2, 0.25) is 0 Å². The number of nitrogens with zero attached hydrogens (tertiary/aromatic N) is 3. The molecular formula is C9H8BrN3O2S2. The molecule has 0 spiro atoms. The van der Waals surface area contributed by atoms with Crippen LogP contribution < -0.4 is 0 Å². The van der Waals surface area contributed by atoms with Crippen LogP contribution >= 0.6 is 39.0 Å². The third-order valence-corrected chi connectivity index (χ3v) is 4.50. The molecule has 0 aliphatic rings. The van der Waals surface area contributed by atoms with E-state index in [1.807, 2.05) is 16.0 Å². The summed E-state index contributed by atoms with van der Waals surface area (Å²) in [5, 5.41) is 18.9. The zero-order valence-electron chi connectivity index (χ0n) is 8.54. The summed E-state index contributed by atoms with van der Waals surface area (Å²) in [7, 11) is 0. The number of carboxylic acid groups (broad SMARTS) is 1. The van der Waals surface area contributed by atoms with E-state index in [2.05, 4.69) is 26.1 Å². The first-order valence-electron chi connectivity index (χ1n) is 4.60. The average molecular weight is 334 g/mol. The number of halogens is 1. The van der Waals surface area contributed by atoms with Gasteiger partial charge in [0.25, 0.3) is 0 Å². The van der Waals surface area contributed by atoms with Gasteiger partial charge in [-0.1, -0.05) is 11.8 Å². The van der Waals surface area contributed by atoms with Gasteiger partial charge in [0.2, 0.25) is 0 Å². The van der Waals surface area contributed by atoms with Crippen molar-refractivity contribution in [2.45, 2.75) is 11.7 Å². The van der Waals surface area contributed by atoms with Gasteiger partial charge in [0.05, 0.1) is 12.3 Å². The molecule has 1 N–H and O–H groups in total. The van der Waals surface area contributed by atoms with Crippen molar-refractivity contribution in [1.29, 1.82) is 0 Å². The molecule has 0 saturated heterocycles. The van der Waals surface area contributed by atoms with E-state index < -0.39 is 5.97 Å². The van der Waals surface area contributed by atoms with E-state index in [4.69, 9.17) is 5.11 Å². The number of hydrogen-bond donors (Lipinski definition) is 1. The largest absolute Gasteiger partial charge is 0.481 e. The topological polar surface area (TPSA) is 68.0 Å². The second kappa shape index (κ2) is 5.65. The Bertz CT molecular complexity index is 526. The van der Waals surface area contributed by atoms with E-state index in [0.29, 0.717) is 11.7 Å². The van der Waals surface area contributed by atoms with Crippen molar-refractivity contribution >= 4 is 45.0 Å². The average Bonchev–Trinajstić information content (AvgIpc) is 2.86. The normalized spacial score (nSPS) is 10.6. The van der Waals surface area contributed by atoms with Crippen molar-refractivity contribution in [2.75, 3.05) is 5.75 Å². The first-order valence-corrected chi connectivity index (χ1v) is 7.26. The molecule has 17 heavy (non-hydrogen) atoms. The molecule has 0 fully saturated rings. The van der Waals surface area contributed by atoms with Crippen LogP contribution in [-0.4, -0.2) is 31.6 Å². The standard InChI is InChI=1S/C9H8BrN3O2S2/c10-6-1-7(16-3-6)2-13-5-11-12-9(13)17-4-8(14)15/h1,3,5H,2,4H2,(H,14,15). The Balaban J connectivity index is 2.06. The fraction of sp³-hybridized carbons (Fsp3) is 0.222. The fourth-order valence-electron chi connectivity index (χ4n) is 1.20. The number of carboxylic acids is 1. The summed E-state index contributed by atoms with van der Waals surface area (Å²) in [4.78, 5) is 11.6. The molecule has 0 unspecified atom stereocenters. The SMILES string of the molecule is O=C(O)CSc1nncn1Cc1cc(Br)cs1. The number of aromatic nitrogens is 3. The predicted molar refractivity (Wildman–Crippen MR) is 69.5 cm³/mol. The number of carbonyl (C=O) groups is 1. The molecule has 2 rings (SSSR count). The van der Waals surface area contributed by atoms with Crippen LogP contribution in [0, 0.1) is 0 Å². The predicted octanol–water partition coefficient (Wildman–Crippen LogP) is 2.33. The summed E-state index contributed by atoms with van der Waals surface area (Å²) in [5.41, 5.74) is 0. The van der Waals surface area contributed by atoms with Gasteiger partial charge in [-0.2, -0.15) is 0 Å². The van der Waals surface area contributed by atoms with Gasteiger partial charge in [-0.05, 0) is 22.0 Å². The molecule has 0 amide bonds. The van der Waals surface area contributed by atoms with Gasteiger partial charge in [-0.25, -0.2) is 0 Å². The van der Waals surface area contributed by atoms with Crippen molar-refractivity contribution in [3.05, 3.63) is 27.1 Å². The van der Waals surface area contributed by atoms with Gasteiger partial charge in [-0.15, -0.1) is 21.5 Å². The Morgan fingerprint density at radius 3 is 3.12 bits per heavy atom. The quantitative estimate of drug-likeness (QED) is 0.850. The molecule has 2 aromatic heterocycles. The lowest BCUT2D eigenvalue weighted by Gasteiger charge is -2.02. The molecule has 5 nitrogen and oxygen atoms in total. The Morgan fingerprint density at radius 2 is 2.47 bits per heavy atom. The van der Waals surface area contributed by atoms with Crippen LogP contribution in [0.5, 0.6) is 0 Å². The highest BCUT2D eigenvalue weighted by molar-refractivity contribution is 9.10. The monoisotopic (exact) mass is 333 g/mol. The van der Waals surface area contributed by atoms with E-state index in [1.54, 1.807) is 17.7 Å². The van der Waals surface area contributed by atoms with E-state index in [1.165, 1.54) is 11.8 Å². The van der Waals surface area contributed by atoms with Crippen molar-refractivity contribution in [1.82, 2.24) is 14.8 Å². The summed E-state index contributed by atoms with van der Waals surface area (Å²) in [6, 6.07) is 2.02. The zero-order chi connectivity index (χ0) is 12.3. The molecule has 2 heterocycles. The van der Waals surface area contributed by atoms with Crippen LogP contribution in [0.15, 0.2) is 27.4 Å². The van der Waals surface area contributed by atoms with E-state index >= 15 is 0 Å². The summed E-state index contributed by atoms with van der Waals surface area (Å²) >= 11 is 6.19. The lowest BCUT2D eigenvalue weighted by Crippen LogP contribution is -2.02. The van der Waals surface area contributed by atoms with Gasteiger partial charge >= 0.3 is 5.97 Å². The van der Waals surface area contributed by atoms with Crippen LogP contribution in [0.1, 0.15) is 4.88 Å². The number of aliphatic carboxylic acids is 1. The van der Waals surface area contributed by atoms with Gasteiger partial charge in [-0.3, -0.25) is 4.79 Å². The third kappa shape index (κ3) is 3.55. The minimum absolute atomic E-state index is 0.00711. The molecule has 8 heteroatoms. The van der Waals surface area contributed by atoms with Gasteiger partial charge in [0, 0.05) is 14.7 Å². The van der Waals surface area contributed by atoms with Crippen LogP contribution in [-0.2, 0) is 11.3 Å². The van der Waals surface area contributed by atoms with Crippen molar-refractivity contribution in [3.8, 4) is 0 Å². The molecule has 0 aliphatic heterocycles. The summed E-state index contributed by atoms with van der Waals surface area (Å²) in [6.45, 7) is 0.658. The molecule has 0 bridgehead atoms. The van der Waals surface area contributed by atoms with Crippen molar-refractivity contribution in [2.24, 2.45) is 0 Å². The first-order chi connectivity index (χ1) is 8.15. The van der Waals surface area contributed by atoms with Crippen molar-refractivity contribution < 1.29 is 9.90 Å². The van der Waals surface area contributed by atoms with Gasteiger partial charge in [0.15, 0.2) is 5.16 Å². The fourth-order valence-corrected chi connectivity index (χ4v) is 3.28. The van der Waals surface area contributed by atoms with Crippen LogP contribution in [0.25, 0.3) is 0 Å². The molecule has 0 aromatic carbocycles. The Labute approximate surface area is 114 Å². The second-order valence-electron chi connectivity index (χ2n) is 3.16. The number of rotatable bonds is 5. The molecule has 0 saturated carbocycles. The second-order valence-corrected chi connectivity index (χ2v) is 6.01. The van der Waals surface area contributed by atoms with Gasteiger partial charge in [0.1, 0.15) is 6.33 Å². The lowest BCUT2D eigenvalue weighted by molar-refractivity contribution is -0.133. The molecular weight excluding hydrogens is 326 g/mol.